The molecule has 0 aliphatic carbocycles. The Morgan fingerprint density at radius 1 is 1.27 bits per heavy atom. The molecule has 1 aromatic carbocycles. The van der Waals surface area contributed by atoms with Gasteiger partial charge in [0.1, 0.15) is 17.0 Å². The Balaban J connectivity index is 1.64. The summed E-state index contributed by atoms with van der Waals surface area (Å²) in [4.78, 5) is 25.6. The summed E-state index contributed by atoms with van der Waals surface area (Å²) >= 11 is 0. The molecule has 33 heavy (non-hydrogen) atoms. The average molecular weight is 460 g/mol. The molecule has 3 aromatic rings. The van der Waals surface area contributed by atoms with Gasteiger partial charge in [-0.05, 0) is 39.3 Å². The number of methoxy groups -OCH3 is 1. The molecule has 4 rings (SSSR count). The summed E-state index contributed by atoms with van der Waals surface area (Å²) in [6.45, 7) is 6.17. The zero-order valence-electron chi connectivity index (χ0n) is 18.8. The molecule has 11 heteroatoms. The molecule has 0 saturated carbocycles. The second-order valence-electron chi connectivity index (χ2n) is 8.36. The predicted octanol–water partition coefficient (Wildman–Crippen LogP) is 3.27. The fraction of sp³-hybridized carbons (Fsp3) is 0.455. The Bertz CT molecular complexity index is 1200. The molecule has 0 radical (unpaired) electrons. The van der Waals surface area contributed by atoms with Crippen LogP contribution in [0.5, 0.6) is 0 Å². The standard InChI is InChI=1S/C22H26F2N6O3/c1-11(2)30-12(3)26-20-14(23)7-13(8-17(20)30)19-15(24)9-25-21(28-19)27-16-5-6-29(10-18(16)31)22(32)33-4/h7-9,11,16,18,31H,5-6,10H2,1-4H3,(H,25,27,28)/t16-,18-/m1/s1. The number of rotatable bonds is 4. The first-order chi connectivity index (χ1) is 15.7. The number of benzene rings is 1. The molecule has 1 amide bonds. The number of hydrogen-bond acceptors (Lipinski definition) is 7. The molecule has 1 fully saturated rings. The molecule has 176 valence electrons. The summed E-state index contributed by atoms with van der Waals surface area (Å²) in [6.07, 6.45) is 0.0151. The lowest BCUT2D eigenvalue weighted by Crippen LogP contribution is -2.51. The minimum absolute atomic E-state index is 0.0365. The number of anilines is 1. The Morgan fingerprint density at radius 3 is 2.70 bits per heavy atom. The number of aromatic nitrogens is 4. The van der Waals surface area contributed by atoms with E-state index in [1.54, 1.807) is 13.0 Å². The second-order valence-corrected chi connectivity index (χ2v) is 8.36. The van der Waals surface area contributed by atoms with Crippen LogP contribution in [0.25, 0.3) is 22.3 Å². The van der Waals surface area contributed by atoms with Crippen LogP contribution in [0.4, 0.5) is 19.5 Å². The molecule has 3 heterocycles. The van der Waals surface area contributed by atoms with Crippen LogP contribution in [0.1, 0.15) is 32.1 Å². The van der Waals surface area contributed by atoms with E-state index in [9.17, 15) is 18.7 Å². The quantitative estimate of drug-likeness (QED) is 0.616. The van der Waals surface area contributed by atoms with Gasteiger partial charge in [-0.1, -0.05) is 0 Å². The molecule has 0 spiro atoms. The zero-order chi connectivity index (χ0) is 23.9. The maximum absolute atomic E-state index is 14.8. The van der Waals surface area contributed by atoms with Gasteiger partial charge in [0.25, 0.3) is 0 Å². The van der Waals surface area contributed by atoms with Crippen LogP contribution in [-0.4, -0.2) is 68.0 Å². The van der Waals surface area contributed by atoms with Crippen molar-refractivity contribution in [3.8, 4) is 11.3 Å². The highest BCUT2D eigenvalue weighted by atomic mass is 19.1. The third kappa shape index (κ3) is 4.32. The third-order valence-corrected chi connectivity index (χ3v) is 5.79. The van der Waals surface area contributed by atoms with Crippen LogP contribution in [0.2, 0.25) is 0 Å². The number of carbonyl (C=O) groups excluding carboxylic acids is 1. The number of imidazole rings is 1. The smallest absolute Gasteiger partial charge is 0.409 e. The molecule has 2 atom stereocenters. The van der Waals surface area contributed by atoms with Crippen molar-refractivity contribution in [2.45, 2.75) is 45.4 Å². The number of β-amino-alcohol motifs (C(OH)–C–C–N with tert-alkyl or cyclic N) is 1. The van der Waals surface area contributed by atoms with Gasteiger partial charge in [0.05, 0.1) is 37.5 Å². The van der Waals surface area contributed by atoms with E-state index in [2.05, 4.69) is 25.0 Å². The highest BCUT2D eigenvalue weighted by Gasteiger charge is 2.31. The first-order valence-corrected chi connectivity index (χ1v) is 10.7. The van der Waals surface area contributed by atoms with Crippen LogP contribution in [0, 0.1) is 18.6 Å². The van der Waals surface area contributed by atoms with Gasteiger partial charge in [-0.25, -0.2) is 28.5 Å². The summed E-state index contributed by atoms with van der Waals surface area (Å²) in [5.74, 6) is -0.513. The molecule has 2 N–H and O–H groups in total. The van der Waals surface area contributed by atoms with Crippen molar-refractivity contribution >= 4 is 23.1 Å². The van der Waals surface area contributed by atoms with Gasteiger partial charge in [0.2, 0.25) is 5.95 Å². The molecule has 1 aliphatic rings. The molecule has 9 nitrogen and oxygen atoms in total. The molecule has 0 unspecified atom stereocenters. The third-order valence-electron chi connectivity index (χ3n) is 5.79. The van der Waals surface area contributed by atoms with Crippen molar-refractivity contribution < 1.29 is 23.4 Å². The largest absolute Gasteiger partial charge is 0.453 e. The number of aryl methyl sites for hydroxylation is 1. The number of hydrogen-bond donors (Lipinski definition) is 2. The zero-order valence-corrected chi connectivity index (χ0v) is 18.8. The number of nitrogens with one attached hydrogen (secondary N) is 1. The summed E-state index contributed by atoms with van der Waals surface area (Å²) in [5.41, 5.74) is 0.962. The topological polar surface area (TPSA) is 105 Å². The Labute approximate surface area is 189 Å². The van der Waals surface area contributed by atoms with Crippen molar-refractivity contribution in [1.29, 1.82) is 0 Å². The lowest BCUT2D eigenvalue weighted by molar-refractivity contribution is 0.0503. The number of ether oxygens (including phenoxy) is 1. The number of aliphatic hydroxyl groups excluding tert-OH is 1. The van der Waals surface area contributed by atoms with Gasteiger partial charge >= 0.3 is 6.09 Å². The average Bonchev–Trinajstić information content (AvgIpc) is 3.12. The summed E-state index contributed by atoms with van der Waals surface area (Å²) < 4.78 is 36.1. The number of amides is 1. The maximum atomic E-state index is 14.8. The first-order valence-electron chi connectivity index (χ1n) is 10.7. The number of piperidine rings is 1. The van der Waals surface area contributed by atoms with Crippen LogP contribution < -0.4 is 5.32 Å². The van der Waals surface area contributed by atoms with E-state index in [1.165, 1.54) is 18.1 Å². The molecule has 1 saturated heterocycles. The van der Waals surface area contributed by atoms with Gasteiger partial charge in [0.15, 0.2) is 11.6 Å². The van der Waals surface area contributed by atoms with Gasteiger partial charge in [-0.3, -0.25) is 0 Å². The van der Waals surface area contributed by atoms with E-state index < -0.39 is 29.9 Å². The number of halogens is 2. The Morgan fingerprint density at radius 2 is 2.03 bits per heavy atom. The number of likely N-dealkylation sites (tertiary alicyclic amines) is 1. The fourth-order valence-corrected chi connectivity index (χ4v) is 4.26. The van der Waals surface area contributed by atoms with Gasteiger partial charge in [-0.2, -0.15) is 0 Å². The second kappa shape index (κ2) is 8.89. The summed E-state index contributed by atoms with van der Waals surface area (Å²) in [7, 11) is 1.28. The van der Waals surface area contributed by atoms with Crippen molar-refractivity contribution in [2.24, 2.45) is 0 Å². The van der Waals surface area contributed by atoms with Gasteiger partial charge in [0, 0.05) is 18.2 Å². The van der Waals surface area contributed by atoms with E-state index in [-0.39, 0.29) is 35.3 Å². The molecule has 2 aromatic heterocycles. The van der Waals surface area contributed by atoms with E-state index in [0.29, 0.717) is 24.3 Å². The lowest BCUT2D eigenvalue weighted by atomic mass is 10.0. The summed E-state index contributed by atoms with van der Waals surface area (Å²) in [6, 6.07) is 2.46. The normalized spacial score (nSPS) is 18.7. The molecular weight excluding hydrogens is 434 g/mol. The molecule has 1 aliphatic heterocycles. The minimum atomic E-state index is -0.896. The van der Waals surface area contributed by atoms with Crippen molar-refractivity contribution in [3.63, 3.8) is 0 Å². The number of aliphatic hydroxyl groups is 1. The van der Waals surface area contributed by atoms with Gasteiger partial charge in [-0.15, -0.1) is 0 Å². The lowest BCUT2D eigenvalue weighted by Gasteiger charge is -2.35. The van der Waals surface area contributed by atoms with E-state index in [1.807, 2.05) is 18.4 Å². The van der Waals surface area contributed by atoms with E-state index >= 15 is 0 Å². The van der Waals surface area contributed by atoms with E-state index in [4.69, 9.17) is 0 Å². The highest BCUT2D eigenvalue weighted by molar-refractivity contribution is 5.83. The van der Waals surface area contributed by atoms with Crippen LogP contribution in [0.15, 0.2) is 18.3 Å². The molecule has 0 bridgehead atoms. The predicted molar refractivity (Wildman–Crippen MR) is 118 cm³/mol. The van der Waals surface area contributed by atoms with Gasteiger partial charge < -0.3 is 24.6 Å². The van der Waals surface area contributed by atoms with E-state index in [0.717, 1.165) is 6.20 Å². The monoisotopic (exact) mass is 460 g/mol. The highest BCUT2D eigenvalue weighted by Crippen LogP contribution is 2.30. The van der Waals surface area contributed by atoms with Crippen LogP contribution in [-0.2, 0) is 4.74 Å². The number of fused-ring (bicyclic) bond motifs is 1. The molecular formula is C22H26F2N6O3. The number of nitrogens with zero attached hydrogens (tertiary/aromatic N) is 5. The van der Waals surface area contributed by atoms with Crippen LogP contribution >= 0.6 is 0 Å². The minimum Gasteiger partial charge on any atom is -0.453 e. The summed E-state index contributed by atoms with van der Waals surface area (Å²) in [5, 5.41) is 13.4. The van der Waals surface area contributed by atoms with Crippen molar-refractivity contribution in [2.75, 3.05) is 25.5 Å². The fourth-order valence-electron chi connectivity index (χ4n) is 4.26. The van der Waals surface area contributed by atoms with Crippen molar-refractivity contribution in [1.82, 2.24) is 24.4 Å². The SMILES string of the molecule is COC(=O)N1CC[C@@H](Nc2ncc(F)c(-c3cc(F)c4nc(C)n(C(C)C)c4c3)n2)[C@H](O)C1. The van der Waals surface area contributed by atoms with Crippen LogP contribution in [0.3, 0.4) is 0 Å². The first kappa shape index (κ1) is 22.8. The van der Waals surface area contributed by atoms with Crippen molar-refractivity contribution in [3.05, 3.63) is 35.8 Å². The number of carbonyl (C=O) groups is 1. The maximum Gasteiger partial charge on any atom is 0.409 e. The Kier molecular flexibility index (Phi) is 6.15. The Hall–Kier alpha value is -3.34.